The zero-order valence-corrected chi connectivity index (χ0v) is 17.5. The van der Waals surface area contributed by atoms with Crippen molar-refractivity contribution in [3.63, 3.8) is 0 Å². The number of nitrogens with one attached hydrogen (secondary N) is 1. The SMILES string of the molecule is CCOc1ccc(OCC)c(NC(N)=NCCC2=CCCCC2)c1.I. The van der Waals surface area contributed by atoms with Gasteiger partial charge in [0.25, 0.3) is 0 Å². The van der Waals surface area contributed by atoms with E-state index in [-0.39, 0.29) is 24.0 Å². The summed E-state index contributed by atoms with van der Waals surface area (Å²) in [6, 6.07) is 5.67. The number of hydrogen-bond acceptors (Lipinski definition) is 3. The molecule has 0 heterocycles. The van der Waals surface area contributed by atoms with Crippen LogP contribution in [-0.4, -0.2) is 25.7 Å². The highest BCUT2D eigenvalue weighted by molar-refractivity contribution is 14.0. The monoisotopic (exact) mass is 459 g/mol. The van der Waals surface area contributed by atoms with Crippen molar-refractivity contribution in [2.45, 2.75) is 46.0 Å². The number of benzene rings is 1. The molecule has 1 aromatic rings. The highest BCUT2D eigenvalue weighted by atomic mass is 127. The Kier molecular flexibility index (Phi) is 10.4. The Labute approximate surface area is 168 Å². The third-order valence-electron chi connectivity index (χ3n) is 3.92. The number of nitrogens with zero attached hydrogens (tertiary/aromatic N) is 1. The van der Waals surface area contributed by atoms with Crippen LogP contribution in [0.4, 0.5) is 5.69 Å². The van der Waals surface area contributed by atoms with Crippen LogP contribution in [0.1, 0.15) is 46.0 Å². The number of guanidine groups is 1. The number of rotatable bonds is 8. The molecule has 0 spiro atoms. The van der Waals surface area contributed by atoms with Gasteiger partial charge in [-0.2, -0.15) is 0 Å². The molecule has 0 bridgehead atoms. The maximum Gasteiger partial charge on any atom is 0.193 e. The van der Waals surface area contributed by atoms with Gasteiger partial charge in [-0.15, -0.1) is 24.0 Å². The maximum atomic E-state index is 6.03. The molecule has 1 aliphatic rings. The third kappa shape index (κ3) is 7.54. The molecular weight excluding hydrogens is 429 g/mol. The first-order valence-electron chi connectivity index (χ1n) is 8.87. The van der Waals surface area contributed by atoms with Crippen molar-refractivity contribution in [3.05, 3.63) is 29.8 Å². The molecule has 0 amide bonds. The molecule has 6 heteroatoms. The summed E-state index contributed by atoms with van der Waals surface area (Å²) in [6.07, 6.45) is 8.35. The minimum absolute atomic E-state index is 0. The van der Waals surface area contributed by atoms with Gasteiger partial charge in [0.1, 0.15) is 11.5 Å². The summed E-state index contributed by atoms with van der Waals surface area (Å²) in [5.41, 5.74) is 8.32. The molecule has 5 nitrogen and oxygen atoms in total. The van der Waals surface area contributed by atoms with Gasteiger partial charge in [-0.25, -0.2) is 0 Å². The second-order valence-corrected chi connectivity index (χ2v) is 5.77. The van der Waals surface area contributed by atoms with E-state index in [0.29, 0.717) is 25.7 Å². The maximum absolute atomic E-state index is 6.03. The van der Waals surface area contributed by atoms with Crippen LogP contribution in [0.2, 0.25) is 0 Å². The van der Waals surface area contributed by atoms with E-state index in [0.717, 1.165) is 23.6 Å². The van der Waals surface area contributed by atoms with Crippen LogP contribution in [0, 0.1) is 0 Å². The number of halogens is 1. The summed E-state index contributed by atoms with van der Waals surface area (Å²) in [7, 11) is 0. The number of anilines is 1. The van der Waals surface area contributed by atoms with Crippen molar-refractivity contribution in [3.8, 4) is 11.5 Å². The van der Waals surface area contributed by atoms with Gasteiger partial charge in [0, 0.05) is 12.6 Å². The van der Waals surface area contributed by atoms with E-state index in [1.165, 1.54) is 31.3 Å². The van der Waals surface area contributed by atoms with E-state index < -0.39 is 0 Å². The Bertz CT molecular complexity index is 588. The lowest BCUT2D eigenvalue weighted by Gasteiger charge is -2.14. The highest BCUT2D eigenvalue weighted by Crippen LogP contribution is 2.29. The quantitative estimate of drug-likeness (QED) is 0.256. The van der Waals surface area contributed by atoms with Gasteiger partial charge in [0.05, 0.1) is 18.9 Å². The fraction of sp³-hybridized carbons (Fsp3) is 0.526. The van der Waals surface area contributed by atoms with E-state index in [4.69, 9.17) is 15.2 Å². The lowest BCUT2D eigenvalue weighted by molar-refractivity contribution is 0.332. The van der Waals surface area contributed by atoms with Gasteiger partial charge < -0.3 is 20.5 Å². The number of nitrogens with two attached hydrogens (primary N) is 1. The predicted molar refractivity (Wildman–Crippen MR) is 115 cm³/mol. The van der Waals surface area contributed by atoms with Crippen LogP contribution in [0.5, 0.6) is 11.5 Å². The fourth-order valence-corrected chi connectivity index (χ4v) is 2.77. The number of aliphatic imine (C=N–C) groups is 1. The molecule has 0 saturated carbocycles. The molecule has 0 unspecified atom stereocenters. The molecule has 0 aliphatic heterocycles. The lowest BCUT2D eigenvalue weighted by atomic mass is 9.97. The summed E-state index contributed by atoms with van der Waals surface area (Å²) in [5, 5.41) is 3.14. The summed E-state index contributed by atoms with van der Waals surface area (Å²) in [4.78, 5) is 4.44. The van der Waals surface area contributed by atoms with E-state index in [1.807, 2.05) is 32.0 Å². The standard InChI is InChI=1S/C19H29N3O2.HI/c1-3-23-16-10-11-18(24-4-2)17(14-16)22-19(20)21-13-12-15-8-6-5-7-9-15;/h8,10-11,14H,3-7,9,12-13H2,1-2H3,(H3,20,21,22);1H. The van der Waals surface area contributed by atoms with E-state index in [2.05, 4.69) is 16.4 Å². The second-order valence-electron chi connectivity index (χ2n) is 5.77. The first kappa shape index (κ1) is 21.6. The molecule has 1 aromatic carbocycles. The normalized spacial score (nSPS) is 14.3. The zero-order valence-electron chi connectivity index (χ0n) is 15.2. The van der Waals surface area contributed by atoms with Gasteiger partial charge in [-0.1, -0.05) is 11.6 Å². The molecule has 0 radical (unpaired) electrons. The molecule has 3 N–H and O–H groups in total. The Hall–Kier alpha value is -1.44. The van der Waals surface area contributed by atoms with Crippen LogP contribution in [0.3, 0.4) is 0 Å². The summed E-state index contributed by atoms with van der Waals surface area (Å²) >= 11 is 0. The van der Waals surface area contributed by atoms with Crippen molar-refractivity contribution in [1.82, 2.24) is 0 Å². The van der Waals surface area contributed by atoms with Gasteiger partial charge in [-0.3, -0.25) is 4.99 Å². The van der Waals surface area contributed by atoms with Gasteiger partial charge in [0.2, 0.25) is 0 Å². The van der Waals surface area contributed by atoms with Crippen molar-refractivity contribution < 1.29 is 9.47 Å². The molecule has 0 saturated heterocycles. The van der Waals surface area contributed by atoms with Crippen LogP contribution in [-0.2, 0) is 0 Å². The van der Waals surface area contributed by atoms with Crippen LogP contribution in [0.25, 0.3) is 0 Å². The van der Waals surface area contributed by atoms with Crippen molar-refractivity contribution in [2.75, 3.05) is 25.1 Å². The van der Waals surface area contributed by atoms with E-state index >= 15 is 0 Å². The number of hydrogen-bond donors (Lipinski definition) is 2. The second kappa shape index (κ2) is 12.0. The molecule has 2 rings (SSSR count). The fourth-order valence-electron chi connectivity index (χ4n) is 2.77. The van der Waals surface area contributed by atoms with Crippen molar-refractivity contribution in [1.29, 1.82) is 0 Å². The Morgan fingerprint density at radius 1 is 1.20 bits per heavy atom. The molecular formula is C19H30IN3O2. The number of allylic oxidation sites excluding steroid dienone is 1. The minimum atomic E-state index is 0. The van der Waals surface area contributed by atoms with Gasteiger partial charge in [0.15, 0.2) is 5.96 Å². The lowest BCUT2D eigenvalue weighted by Crippen LogP contribution is -2.23. The number of ether oxygens (including phenoxy) is 2. The predicted octanol–water partition coefficient (Wildman–Crippen LogP) is 4.72. The van der Waals surface area contributed by atoms with Gasteiger partial charge in [-0.05, 0) is 58.1 Å². The zero-order chi connectivity index (χ0) is 17.2. The highest BCUT2D eigenvalue weighted by Gasteiger charge is 2.07. The first-order valence-corrected chi connectivity index (χ1v) is 8.87. The molecule has 0 atom stereocenters. The first-order chi connectivity index (χ1) is 11.7. The van der Waals surface area contributed by atoms with Crippen molar-refractivity contribution in [2.24, 2.45) is 10.7 Å². The topological polar surface area (TPSA) is 68.9 Å². The summed E-state index contributed by atoms with van der Waals surface area (Å²) in [5.74, 6) is 1.93. The van der Waals surface area contributed by atoms with E-state index in [9.17, 15) is 0 Å². The molecule has 1 aliphatic carbocycles. The van der Waals surface area contributed by atoms with Crippen LogP contribution >= 0.6 is 24.0 Å². The minimum Gasteiger partial charge on any atom is -0.494 e. The van der Waals surface area contributed by atoms with E-state index in [1.54, 1.807) is 0 Å². The smallest absolute Gasteiger partial charge is 0.193 e. The largest absolute Gasteiger partial charge is 0.494 e. The Balaban J connectivity index is 0.00000312. The average molecular weight is 459 g/mol. The Morgan fingerprint density at radius 3 is 2.68 bits per heavy atom. The molecule has 0 aromatic heterocycles. The third-order valence-corrected chi connectivity index (χ3v) is 3.92. The van der Waals surface area contributed by atoms with Crippen LogP contribution in [0.15, 0.2) is 34.8 Å². The molecule has 25 heavy (non-hydrogen) atoms. The van der Waals surface area contributed by atoms with Crippen molar-refractivity contribution >= 4 is 35.6 Å². The Morgan fingerprint density at radius 2 is 2.00 bits per heavy atom. The summed E-state index contributed by atoms with van der Waals surface area (Å²) in [6.45, 7) is 5.83. The van der Waals surface area contributed by atoms with Crippen LogP contribution < -0.4 is 20.5 Å². The summed E-state index contributed by atoms with van der Waals surface area (Å²) < 4.78 is 11.2. The molecule has 0 fully saturated rings. The average Bonchev–Trinajstić information content (AvgIpc) is 2.58. The molecule has 140 valence electrons. The van der Waals surface area contributed by atoms with Gasteiger partial charge >= 0.3 is 0 Å².